The van der Waals surface area contributed by atoms with Gasteiger partial charge in [0.1, 0.15) is 6.04 Å². The van der Waals surface area contributed by atoms with Gasteiger partial charge in [-0.05, 0) is 49.1 Å². The van der Waals surface area contributed by atoms with Gasteiger partial charge in [-0.15, -0.1) is 0 Å². The van der Waals surface area contributed by atoms with Crippen molar-refractivity contribution in [3.63, 3.8) is 0 Å². The van der Waals surface area contributed by atoms with Crippen LogP contribution in [0.25, 0.3) is 0 Å². The maximum Gasteiger partial charge on any atom is 0.251 e. The van der Waals surface area contributed by atoms with Crippen molar-refractivity contribution in [2.75, 3.05) is 19.1 Å². The molecular formula is C24H41N3O3S. The monoisotopic (exact) mass is 451 g/mol. The van der Waals surface area contributed by atoms with Gasteiger partial charge in [-0.2, -0.15) is 11.8 Å². The topological polar surface area (TPSA) is 87.3 Å². The van der Waals surface area contributed by atoms with E-state index in [1.807, 2.05) is 67.0 Å². The summed E-state index contributed by atoms with van der Waals surface area (Å²) in [6, 6.07) is 6.04. The second kappa shape index (κ2) is 15.9. The average molecular weight is 452 g/mol. The van der Waals surface area contributed by atoms with Crippen LogP contribution in [0.5, 0.6) is 0 Å². The molecule has 2 atom stereocenters. The largest absolute Gasteiger partial charge is 0.344 e. The lowest BCUT2D eigenvalue weighted by Crippen LogP contribution is -2.54. The fourth-order valence-electron chi connectivity index (χ4n) is 2.90. The average Bonchev–Trinajstić information content (AvgIpc) is 2.75. The van der Waals surface area contributed by atoms with E-state index in [2.05, 4.69) is 16.0 Å². The molecule has 2 amide bonds. The zero-order valence-corrected chi connectivity index (χ0v) is 21.2. The molecule has 0 aliphatic carbocycles. The number of ketones is 1. The Labute approximate surface area is 192 Å². The quantitative estimate of drug-likeness (QED) is 0.452. The summed E-state index contributed by atoms with van der Waals surface area (Å²) in [6.45, 7) is 12.2. The van der Waals surface area contributed by atoms with Gasteiger partial charge in [-0.1, -0.05) is 53.7 Å². The number of hydrogen-bond donors (Lipinski definition) is 3. The van der Waals surface area contributed by atoms with E-state index in [1.165, 1.54) is 0 Å². The SMILES string of the molecule is CC.CNCc1ccc(C(=O)NC(CCSC)C(=O)NC(C(=O)C(C)C)C(C)C)cc1. The molecule has 0 bridgehead atoms. The maximum absolute atomic E-state index is 12.9. The first-order valence-corrected chi connectivity index (χ1v) is 12.5. The summed E-state index contributed by atoms with van der Waals surface area (Å²) >= 11 is 1.61. The lowest BCUT2D eigenvalue weighted by atomic mass is 9.92. The molecule has 176 valence electrons. The third-order valence-electron chi connectivity index (χ3n) is 4.67. The van der Waals surface area contributed by atoms with Crippen LogP contribution in [0, 0.1) is 11.8 Å². The molecule has 1 aromatic carbocycles. The molecule has 1 aromatic rings. The van der Waals surface area contributed by atoms with Gasteiger partial charge < -0.3 is 16.0 Å². The van der Waals surface area contributed by atoms with Gasteiger partial charge >= 0.3 is 0 Å². The van der Waals surface area contributed by atoms with Crippen molar-refractivity contribution in [3.05, 3.63) is 35.4 Å². The van der Waals surface area contributed by atoms with Gasteiger partial charge in [0.25, 0.3) is 5.91 Å². The summed E-state index contributed by atoms with van der Waals surface area (Å²) in [4.78, 5) is 38.0. The van der Waals surface area contributed by atoms with Crippen LogP contribution in [-0.4, -0.2) is 48.7 Å². The molecule has 0 radical (unpaired) electrons. The number of thioether (sulfide) groups is 1. The highest BCUT2D eigenvalue weighted by Gasteiger charge is 2.29. The van der Waals surface area contributed by atoms with Crippen molar-refractivity contribution >= 4 is 29.4 Å². The molecule has 6 nitrogen and oxygen atoms in total. The van der Waals surface area contributed by atoms with Crippen molar-refractivity contribution in [2.24, 2.45) is 11.8 Å². The van der Waals surface area contributed by atoms with E-state index in [1.54, 1.807) is 23.9 Å². The van der Waals surface area contributed by atoms with Gasteiger partial charge in [0.05, 0.1) is 6.04 Å². The summed E-state index contributed by atoms with van der Waals surface area (Å²) in [5.41, 5.74) is 1.58. The van der Waals surface area contributed by atoms with Crippen molar-refractivity contribution in [1.82, 2.24) is 16.0 Å². The Morgan fingerprint density at radius 1 is 0.968 bits per heavy atom. The molecule has 2 unspecified atom stereocenters. The molecule has 0 fully saturated rings. The number of carbonyl (C=O) groups is 3. The van der Waals surface area contributed by atoms with E-state index in [9.17, 15) is 14.4 Å². The van der Waals surface area contributed by atoms with Crippen LogP contribution in [0.4, 0.5) is 0 Å². The standard InChI is InChI=1S/C22H35N3O3S.C2H6/c1-14(2)19(20(26)15(3)4)25-22(28)18(11-12-29-6)24-21(27)17-9-7-16(8-10-17)13-23-5;1-2/h7-10,14-15,18-19,23H,11-13H2,1-6H3,(H,24,27)(H,25,28);1-2H3. The second-order valence-electron chi connectivity index (χ2n) is 7.82. The molecule has 0 saturated carbocycles. The van der Waals surface area contributed by atoms with Crippen molar-refractivity contribution in [3.8, 4) is 0 Å². The minimum atomic E-state index is -0.687. The van der Waals surface area contributed by atoms with Crippen LogP contribution in [-0.2, 0) is 16.1 Å². The number of rotatable bonds is 12. The molecule has 31 heavy (non-hydrogen) atoms. The predicted molar refractivity (Wildman–Crippen MR) is 131 cm³/mol. The summed E-state index contributed by atoms with van der Waals surface area (Å²) in [6.07, 6.45) is 2.45. The van der Waals surface area contributed by atoms with E-state index in [0.717, 1.165) is 17.9 Å². The minimum Gasteiger partial charge on any atom is -0.344 e. The fraction of sp³-hybridized carbons (Fsp3) is 0.625. The smallest absolute Gasteiger partial charge is 0.251 e. The molecule has 1 rings (SSSR count). The Balaban J connectivity index is 0.00000436. The number of nitrogens with one attached hydrogen (secondary N) is 3. The first-order valence-electron chi connectivity index (χ1n) is 11.1. The Morgan fingerprint density at radius 2 is 1.55 bits per heavy atom. The number of amides is 2. The zero-order valence-electron chi connectivity index (χ0n) is 20.4. The van der Waals surface area contributed by atoms with E-state index in [0.29, 0.717) is 12.0 Å². The number of carbonyl (C=O) groups excluding carboxylic acids is 3. The van der Waals surface area contributed by atoms with Crippen molar-refractivity contribution in [2.45, 2.75) is 66.6 Å². The normalized spacial score (nSPS) is 12.6. The van der Waals surface area contributed by atoms with Crippen LogP contribution in [0.1, 0.15) is 63.9 Å². The molecular weight excluding hydrogens is 410 g/mol. The first kappa shape index (κ1) is 29.1. The van der Waals surface area contributed by atoms with Crippen LogP contribution in [0.2, 0.25) is 0 Å². The van der Waals surface area contributed by atoms with Crippen molar-refractivity contribution < 1.29 is 14.4 Å². The highest BCUT2D eigenvalue weighted by atomic mass is 32.2. The molecule has 0 saturated heterocycles. The molecule has 3 N–H and O–H groups in total. The first-order chi connectivity index (χ1) is 14.7. The van der Waals surface area contributed by atoms with Crippen LogP contribution in [0.15, 0.2) is 24.3 Å². The summed E-state index contributed by atoms with van der Waals surface area (Å²) in [7, 11) is 1.87. The Hall–Kier alpha value is -1.86. The van der Waals surface area contributed by atoms with Gasteiger partial charge in [0.15, 0.2) is 5.78 Å². The Morgan fingerprint density at radius 3 is 2.00 bits per heavy atom. The summed E-state index contributed by atoms with van der Waals surface area (Å²) < 4.78 is 0. The molecule has 0 heterocycles. The third kappa shape index (κ3) is 10.3. The van der Waals surface area contributed by atoms with Crippen molar-refractivity contribution in [1.29, 1.82) is 0 Å². The van der Waals surface area contributed by atoms with E-state index in [-0.39, 0.29) is 29.4 Å². The molecule has 0 aromatic heterocycles. The Bertz CT molecular complexity index is 675. The second-order valence-corrected chi connectivity index (χ2v) is 8.81. The van der Waals surface area contributed by atoms with E-state index in [4.69, 9.17) is 0 Å². The summed E-state index contributed by atoms with van der Waals surface area (Å²) in [5.74, 6) is -0.0679. The highest BCUT2D eigenvalue weighted by molar-refractivity contribution is 7.98. The van der Waals surface area contributed by atoms with Gasteiger partial charge in [-0.25, -0.2) is 0 Å². The Kier molecular flexibility index (Phi) is 14.9. The lowest BCUT2D eigenvalue weighted by Gasteiger charge is -2.26. The maximum atomic E-state index is 12.9. The molecule has 7 heteroatoms. The van der Waals surface area contributed by atoms with Crippen LogP contribution < -0.4 is 16.0 Å². The molecule has 0 aliphatic rings. The predicted octanol–water partition coefficient (Wildman–Crippen LogP) is 3.65. The third-order valence-corrected chi connectivity index (χ3v) is 5.31. The lowest BCUT2D eigenvalue weighted by molar-refractivity contribution is -0.131. The summed E-state index contributed by atoms with van der Waals surface area (Å²) in [5, 5.41) is 8.77. The van der Waals surface area contributed by atoms with Crippen LogP contribution >= 0.6 is 11.8 Å². The minimum absolute atomic E-state index is 0.00316. The van der Waals surface area contributed by atoms with Gasteiger partial charge in [0, 0.05) is 18.0 Å². The number of benzene rings is 1. The van der Waals surface area contributed by atoms with Gasteiger partial charge in [-0.3, -0.25) is 14.4 Å². The molecule has 0 spiro atoms. The van der Waals surface area contributed by atoms with E-state index >= 15 is 0 Å². The number of hydrogen-bond acceptors (Lipinski definition) is 5. The highest BCUT2D eigenvalue weighted by Crippen LogP contribution is 2.11. The zero-order chi connectivity index (χ0) is 24.0. The van der Waals surface area contributed by atoms with Gasteiger partial charge in [0.2, 0.25) is 5.91 Å². The van der Waals surface area contributed by atoms with E-state index < -0.39 is 12.1 Å². The fourth-order valence-corrected chi connectivity index (χ4v) is 3.37. The van der Waals surface area contributed by atoms with Crippen LogP contribution in [0.3, 0.4) is 0 Å². The number of Topliss-reactive ketones (excluding diaryl/α,β-unsaturated/α-hetero) is 1. The molecule has 0 aliphatic heterocycles.